The topological polar surface area (TPSA) is 85.1 Å². The predicted molar refractivity (Wildman–Crippen MR) is 110 cm³/mol. The molecule has 3 aromatic carbocycles. The maximum absolute atomic E-state index is 13.4. The average Bonchev–Trinajstić information content (AvgIpc) is 3.24. The average molecular weight is 400 g/mol. The normalized spacial score (nSPS) is 10.4. The van der Waals surface area contributed by atoms with Crippen LogP contribution in [0.5, 0.6) is 0 Å². The lowest BCUT2D eigenvalue weighted by atomic mass is 10.0. The lowest BCUT2D eigenvalue weighted by Gasteiger charge is -2.07. The molecule has 1 heterocycles. The zero-order chi connectivity index (χ0) is 20.8. The zero-order valence-corrected chi connectivity index (χ0v) is 15.8. The number of hydrazone groups is 1. The van der Waals surface area contributed by atoms with Gasteiger partial charge in [0.2, 0.25) is 5.82 Å². The van der Waals surface area contributed by atoms with Gasteiger partial charge in [-0.15, -0.1) is 10.2 Å². The lowest BCUT2D eigenvalue weighted by molar-refractivity contribution is -0.122. The van der Waals surface area contributed by atoms with Crippen LogP contribution in [-0.4, -0.2) is 31.8 Å². The Kier molecular flexibility index (Phi) is 5.66. The van der Waals surface area contributed by atoms with E-state index in [1.54, 1.807) is 12.1 Å². The van der Waals surface area contributed by atoms with E-state index in [1.165, 1.54) is 12.1 Å². The van der Waals surface area contributed by atoms with Gasteiger partial charge in [0.1, 0.15) is 12.4 Å². The molecule has 0 fully saturated rings. The number of nitrogens with zero attached hydrogens (tertiary/aromatic N) is 5. The fourth-order valence-corrected chi connectivity index (χ4v) is 2.82. The summed E-state index contributed by atoms with van der Waals surface area (Å²) < 4.78 is 13.4. The van der Waals surface area contributed by atoms with Gasteiger partial charge in [0.05, 0.1) is 5.71 Å². The first kappa shape index (κ1) is 19.1. The van der Waals surface area contributed by atoms with Crippen LogP contribution in [0.1, 0.15) is 11.1 Å². The van der Waals surface area contributed by atoms with Gasteiger partial charge in [0.15, 0.2) is 0 Å². The molecule has 148 valence electrons. The summed E-state index contributed by atoms with van der Waals surface area (Å²) in [5.41, 5.74) is 5.41. The number of rotatable bonds is 6. The Hall–Kier alpha value is -4.20. The van der Waals surface area contributed by atoms with Crippen molar-refractivity contribution in [2.75, 3.05) is 0 Å². The van der Waals surface area contributed by atoms with Crippen LogP contribution in [0.15, 0.2) is 90.0 Å². The Labute approximate surface area is 171 Å². The minimum Gasteiger partial charge on any atom is -0.271 e. The van der Waals surface area contributed by atoms with Crippen LogP contribution in [-0.2, 0) is 11.3 Å². The number of carbonyl (C=O) groups is 1. The number of amides is 1. The van der Waals surface area contributed by atoms with Crippen LogP contribution in [0.25, 0.3) is 11.4 Å². The van der Waals surface area contributed by atoms with Crippen molar-refractivity contribution in [3.8, 4) is 11.4 Å². The molecule has 4 rings (SSSR count). The smallest absolute Gasteiger partial charge is 0.263 e. The summed E-state index contributed by atoms with van der Waals surface area (Å²) in [6.45, 7) is -0.178. The van der Waals surface area contributed by atoms with E-state index in [1.807, 2.05) is 60.7 Å². The number of hydrogen-bond acceptors (Lipinski definition) is 5. The van der Waals surface area contributed by atoms with Gasteiger partial charge in [0.25, 0.3) is 5.91 Å². The Bertz CT molecular complexity index is 1130. The maximum Gasteiger partial charge on any atom is 0.263 e. The van der Waals surface area contributed by atoms with E-state index in [4.69, 9.17) is 0 Å². The molecule has 4 aromatic rings. The van der Waals surface area contributed by atoms with Crippen molar-refractivity contribution >= 4 is 11.6 Å². The highest BCUT2D eigenvalue weighted by Crippen LogP contribution is 2.14. The summed E-state index contributed by atoms with van der Waals surface area (Å²) in [5, 5.41) is 16.2. The van der Waals surface area contributed by atoms with E-state index in [0.717, 1.165) is 15.9 Å². The highest BCUT2D eigenvalue weighted by Gasteiger charge is 2.11. The number of tetrazole rings is 1. The first-order valence-electron chi connectivity index (χ1n) is 9.20. The molecule has 0 unspecified atom stereocenters. The molecule has 7 nitrogen and oxygen atoms in total. The zero-order valence-electron chi connectivity index (χ0n) is 15.8. The van der Waals surface area contributed by atoms with Crippen molar-refractivity contribution in [2.45, 2.75) is 6.54 Å². The Balaban J connectivity index is 1.49. The summed E-state index contributed by atoms with van der Waals surface area (Å²) in [5.74, 6) is -0.576. The largest absolute Gasteiger partial charge is 0.271 e. The van der Waals surface area contributed by atoms with Crippen molar-refractivity contribution in [3.05, 3.63) is 102 Å². The minimum absolute atomic E-state index is 0.178. The van der Waals surface area contributed by atoms with E-state index in [-0.39, 0.29) is 12.4 Å². The Morgan fingerprint density at radius 2 is 1.60 bits per heavy atom. The highest BCUT2D eigenvalue weighted by atomic mass is 19.1. The number of carbonyl (C=O) groups excluding carboxylic acids is 1. The fourth-order valence-electron chi connectivity index (χ4n) is 2.82. The highest BCUT2D eigenvalue weighted by molar-refractivity contribution is 6.13. The molecule has 0 saturated carbocycles. The van der Waals surface area contributed by atoms with Gasteiger partial charge in [-0.05, 0) is 17.3 Å². The third kappa shape index (κ3) is 4.61. The van der Waals surface area contributed by atoms with Gasteiger partial charge in [-0.3, -0.25) is 4.79 Å². The van der Waals surface area contributed by atoms with Gasteiger partial charge in [0, 0.05) is 16.7 Å². The molecular formula is C22H17FN6O. The molecule has 30 heavy (non-hydrogen) atoms. The lowest BCUT2D eigenvalue weighted by Crippen LogP contribution is -2.26. The van der Waals surface area contributed by atoms with E-state index in [0.29, 0.717) is 11.3 Å². The molecule has 1 aromatic heterocycles. The van der Waals surface area contributed by atoms with Gasteiger partial charge in [-0.25, -0.2) is 9.82 Å². The van der Waals surface area contributed by atoms with Crippen LogP contribution in [0.4, 0.5) is 4.39 Å². The van der Waals surface area contributed by atoms with Crippen LogP contribution in [0.3, 0.4) is 0 Å². The number of nitrogens with one attached hydrogen (secondary N) is 1. The molecular weight excluding hydrogens is 383 g/mol. The molecule has 0 saturated heterocycles. The Morgan fingerprint density at radius 1 is 0.933 bits per heavy atom. The van der Waals surface area contributed by atoms with Crippen LogP contribution >= 0.6 is 0 Å². The third-order valence-corrected chi connectivity index (χ3v) is 4.21. The quantitative estimate of drug-likeness (QED) is 0.398. The van der Waals surface area contributed by atoms with E-state index >= 15 is 0 Å². The van der Waals surface area contributed by atoms with Crippen molar-refractivity contribution in [2.24, 2.45) is 5.10 Å². The SMILES string of the molecule is O=C(Cn1nnc(-c2cccc(F)c2)n1)NN=C(c1ccccc1)c1ccccc1. The van der Waals surface area contributed by atoms with Crippen LogP contribution in [0.2, 0.25) is 0 Å². The molecule has 0 aliphatic heterocycles. The molecule has 0 atom stereocenters. The first-order chi connectivity index (χ1) is 14.7. The summed E-state index contributed by atoms with van der Waals surface area (Å²) in [7, 11) is 0. The van der Waals surface area contributed by atoms with Gasteiger partial charge >= 0.3 is 0 Å². The van der Waals surface area contributed by atoms with Gasteiger partial charge in [-0.1, -0.05) is 72.8 Å². The number of benzene rings is 3. The minimum atomic E-state index is -0.414. The van der Waals surface area contributed by atoms with Crippen LogP contribution < -0.4 is 5.43 Å². The fraction of sp³-hybridized carbons (Fsp3) is 0.0455. The van der Waals surface area contributed by atoms with Crippen molar-refractivity contribution in [1.82, 2.24) is 25.6 Å². The predicted octanol–water partition coefficient (Wildman–Crippen LogP) is 3.05. The second-order valence-electron chi connectivity index (χ2n) is 6.38. The van der Waals surface area contributed by atoms with Crippen molar-refractivity contribution in [1.29, 1.82) is 0 Å². The molecule has 0 spiro atoms. The number of hydrogen-bond donors (Lipinski definition) is 1. The molecule has 0 bridgehead atoms. The summed E-state index contributed by atoms with van der Waals surface area (Å²) in [6.07, 6.45) is 0. The molecule has 8 heteroatoms. The standard InChI is InChI=1S/C22H17FN6O/c23-19-13-7-12-18(14-19)22-26-28-29(27-22)15-20(30)24-25-21(16-8-3-1-4-9-16)17-10-5-2-6-11-17/h1-14H,15H2,(H,24,30). The Morgan fingerprint density at radius 3 is 2.23 bits per heavy atom. The summed E-state index contributed by atoms with van der Waals surface area (Å²) in [6, 6.07) is 25.0. The van der Waals surface area contributed by atoms with Gasteiger partial charge in [-0.2, -0.15) is 9.90 Å². The van der Waals surface area contributed by atoms with Crippen molar-refractivity contribution in [3.63, 3.8) is 0 Å². The second-order valence-corrected chi connectivity index (χ2v) is 6.38. The van der Waals surface area contributed by atoms with E-state index < -0.39 is 11.7 Å². The van der Waals surface area contributed by atoms with E-state index in [2.05, 4.69) is 25.9 Å². The van der Waals surface area contributed by atoms with E-state index in [9.17, 15) is 9.18 Å². The third-order valence-electron chi connectivity index (χ3n) is 4.21. The maximum atomic E-state index is 13.4. The van der Waals surface area contributed by atoms with Crippen molar-refractivity contribution < 1.29 is 9.18 Å². The number of halogens is 1. The molecule has 0 aliphatic carbocycles. The van der Waals surface area contributed by atoms with Gasteiger partial charge < -0.3 is 0 Å². The molecule has 0 aliphatic rings. The molecule has 0 radical (unpaired) electrons. The monoisotopic (exact) mass is 400 g/mol. The number of aromatic nitrogens is 4. The molecule has 1 N–H and O–H groups in total. The first-order valence-corrected chi connectivity index (χ1v) is 9.20. The second kappa shape index (κ2) is 8.87. The summed E-state index contributed by atoms with van der Waals surface area (Å²) in [4.78, 5) is 13.5. The summed E-state index contributed by atoms with van der Waals surface area (Å²) >= 11 is 0. The van der Waals surface area contributed by atoms with Crippen LogP contribution in [0, 0.1) is 5.82 Å². The molecule has 1 amide bonds.